The summed E-state index contributed by atoms with van der Waals surface area (Å²) >= 11 is 0. The van der Waals surface area contributed by atoms with Gasteiger partial charge in [0, 0.05) is 0 Å². The second kappa shape index (κ2) is 7.75. The van der Waals surface area contributed by atoms with Gasteiger partial charge in [-0.2, -0.15) is 0 Å². The molecule has 2 heteroatoms. The molecule has 0 unspecified atom stereocenters. The van der Waals surface area contributed by atoms with Crippen molar-refractivity contribution in [3.63, 3.8) is 0 Å². The SMILES string of the molecule is c1ccc(COc2ccccc2OCc2ccc3ccccc3c2)cc1. The largest absolute Gasteiger partial charge is 0.485 e. The number of benzene rings is 4. The minimum atomic E-state index is 0.510. The van der Waals surface area contributed by atoms with Crippen LogP contribution in [0.1, 0.15) is 11.1 Å². The van der Waals surface area contributed by atoms with E-state index in [9.17, 15) is 0 Å². The minimum Gasteiger partial charge on any atom is -0.485 e. The monoisotopic (exact) mass is 340 g/mol. The van der Waals surface area contributed by atoms with Crippen molar-refractivity contribution < 1.29 is 9.47 Å². The molecule has 4 rings (SSSR count). The van der Waals surface area contributed by atoms with Gasteiger partial charge >= 0.3 is 0 Å². The quantitative estimate of drug-likeness (QED) is 0.429. The molecule has 0 saturated carbocycles. The van der Waals surface area contributed by atoms with Crippen LogP contribution in [0.4, 0.5) is 0 Å². The fourth-order valence-electron chi connectivity index (χ4n) is 2.91. The average molecular weight is 340 g/mol. The van der Waals surface area contributed by atoms with Gasteiger partial charge in [-0.15, -0.1) is 0 Å². The lowest BCUT2D eigenvalue weighted by Crippen LogP contribution is -2.00. The Balaban J connectivity index is 1.45. The zero-order valence-corrected chi connectivity index (χ0v) is 14.5. The molecule has 0 saturated heterocycles. The number of rotatable bonds is 6. The zero-order chi connectivity index (χ0) is 17.6. The van der Waals surface area contributed by atoms with Crippen LogP contribution < -0.4 is 9.47 Å². The molecular formula is C24H20O2. The standard InChI is InChI=1S/C24H20O2/c1-2-8-19(9-3-1)17-25-23-12-6-7-13-24(23)26-18-20-14-15-21-10-4-5-11-22(21)16-20/h1-16H,17-18H2. The molecule has 0 aliphatic carbocycles. The van der Waals surface area contributed by atoms with E-state index in [0.717, 1.165) is 22.6 Å². The highest BCUT2D eigenvalue weighted by Gasteiger charge is 2.05. The summed E-state index contributed by atoms with van der Waals surface area (Å²) in [6, 6.07) is 32.7. The van der Waals surface area contributed by atoms with Crippen molar-refractivity contribution in [3.05, 3.63) is 108 Å². The normalized spacial score (nSPS) is 10.6. The molecule has 0 aliphatic rings. The van der Waals surface area contributed by atoms with E-state index in [-0.39, 0.29) is 0 Å². The molecule has 4 aromatic rings. The van der Waals surface area contributed by atoms with Crippen molar-refractivity contribution in [2.45, 2.75) is 13.2 Å². The van der Waals surface area contributed by atoms with Crippen molar-refractivity contribution in [2.75, 3.05) is 0 Å². The Kier molecular flexibility index (Phi) is 4.83. The highest BCUT2D eigenvalue weighted by molar-refractivity contribution is 5.82. The molecule has 2 nitrogen and oxygen atoms in total. The lowest BCUT2D eigenvalue weighted by Gasteiger charge is -2.13. The van der Waals surface area contributed by atoms with Gasteiger partial charge < -0.3 is 9.47 Å². The number of hydrogen-bond donors (Lipinski definition) is 0. The van der Waals surface area contributed by atoms with Gasteiger partial charge in [-0.1, -0.05) is 78.9 Å². The van der Waals surface area contributed by atoms with Gasteiger partial charge in [0.2, 0.25) is 0 Å². The topological polar surface area (TPSA) is 18.5 Å². The molecule has 0 aliphatic heterocycles. The maximum atomic E-state index is 6.04. The van der Waals surface area contributed by atoms with Crippen molar-refractivity contribution >= 4 is 10.8 Å². The molecule has 0 radical (unpaired) electrons. The maximum absolute atomic E-state index is 6.04. The average Bonchev–Trinajstić information content (AvgIpc) is 2.72. The van der Waals surface area contributed by atoms with Crippen LogP contribution in [0.25, 0.3) is 10.8 Å². The van der Waals surface area contributed by atoms with Crippen LogP contribution in [0.15, 0.2) is 97.1 Å². The van der Waals surface area contributed by atoms with E-state index in [1.807, 2.05) is 42.5 Å². The molecule has 0 atom stereocenters. The third kappa shape index (κ3) is 3.86. The predicted molar refractivity (Wildman–Crippen MR) is 105 cm³/mol. The van der Waals surface area contributed by atoms with Gasteiger partial charge in [-0.05, 0) is 40.1 Å². The molecule has 0 bridgehead atoms. The van der Waals surface area contributed by atoms with Gasteiger partial charge in [-0.25, -0.2) is 0 Å². The Hall–Kier alpha value is -3.26. The fourth-order valence-corrected chi connectivity index (χ4v) is 2.91. The molecular weight excluding hydrogens is 320 g/mol. The molecule has 0 fully saturated rings. The second-order valence-corrected chi connectivity index (χ2v) is 6.19. The van der Waals surface area contributed by atoms with Gasteiger partial charge in [0.05, 0.1) is 0 Å². The number of para-hydroxylation sites is 2. The van der Waals surface area contributed by atoms with E-state index >= 15 is 0 Å². The summed E-state index contributed by atoms with van der Waals surface area (Å²) < 4.78 is 12.0. The predicted octanol–water partition coefficient (Wildman–Crippen LogP) is 6.00. The third-order valence-electron chi connectivity index (χ3n) is 4.29. The summed E-state index contributed by atoms with van der Waals surface area (Å²) in [5.74, 6) is 1.52. The minimum absolute atomic E-state index is 0.510. The molecule has 4 aromatic carbocycles. The summed E-state index contributed by atoms with van der Waals surface area (Å²) in [5.41, 5.74) is 2.28. The first-order chi connectivity index (χ1) is 12.9. The van der Waals surface area contributed by atoms with Gasteiger partial charge in [0.25, 0.3) is 0 Å². The maximum Gasteiger partial charge on any atom is 0.161 e. The molecule has 26 heavy (non-hydrogen) atoms. The van der Waals surface area contributed by atoms with Crippen LogP contribution in [-0.2, 0) is 13.2 Å². The summed E-state index contributed by atoms with van der Waals surface area (Å²) in [7, 11) is 0. The van der Waals surface area contributed by atoms with Crippen LogP contribution in [0, 0.1) is 0 Å². The van der Waals surface area contributed by atoms with E-state index in [0.29, 0.717) is 13.2 Å². The van der Waals surface area contributed by atoms with E-state index in [4.69, 9.17) is 9.47 Å². The number of hydrogen-bond acceptors (Lipinski definition) is 2. The summed E-state index contributed by atoms with van der Waals surface area (Å²) in [5, 5.41) is 2.46. The number of ether oxygens (including phenoxy) is 2. The summed E-state index contributed by atoms with van der Waals surface area (Å²) in [6.45, 7) is 1.04. The molecule has 128 valence electrons. The molecule has 0 amide bonds. The summed E-state index contributed by atoms with van der Waals surface area (Å²) in [6.07, 6.45) is 0. The van der Waals surface area contributed by atoms with Gasteiger partial charge in [0.15, 0.2) is 11.5 Å². The molecule has 0 aromatic heterocycles. The van der Waals surface area contributed by atoms with Crippen LogP contribution >= 0.6 is 0 Å². The number of fused-ring (bicyclic) bond motifs is 1. The first kappa shape index (κ1) is 16.2. The summed E-state index contributed by atoms with van der Waals surface area (Å²) in [4.78, 5) is 0. The van der Waals surface area contributed by atoms with Crippen molar-refractivity contribution in [1.82, 2.24) is 0 Å². The van der Waals surface area contributed by atoms with Crippen LogP contribution in [-0.4, -0.2) is 0 Å². The Morgan fingerprint density at radius 1 is 0.462 bits per heavy atom. The Morgan fingerprint density at radius 3 is 1.77 bits per heavy atom. The van der Waals surface area contributed by atoms with E-state index in [1.54, 1.807) is 0 Å². The van der Waals surface area contributed by atoms with Crippen molar-refractivity contribution in [2.24, 2.45) is 0 Å². The lowest BCUT2D eigenvalue weighted by atomic mass is 10.1. The lowest BCUT2D eigenvalue weighted by molar-refractivity contribution is 0.256. The van der Waals surface area contributed by atoms with Gasteiger partial charge in [-0.3, -0.25) is 0 Å². The molecule has 0 N–H and O–H groups in total. The Morgan fingerprint density at radius 2 is 1.04 bits per heavy atom. The highest BCUT2D eigenvalue weighted by Crippen LogP contribution is 2.28. The van der Waals surface area contributed by atoms with Crippen LogP contribution in [0.2, 0.25) is 0 Å². The zero-order valence-electron chi connectivity index (χ0n) is 14.5. The third-order valence-corrected chi connectivity index (χ3v) is 4.29. The van der Waals surface area contributed by atoms with Crippen molar-refractivity contribution in [3.8, 4) is 11.5 Å². The van der Waals surface area contributed by atoms with E-state index < -0.39 is 0 Å². The second-order valence-electron chi connectivity index (χ2n) is 6.19. The Bertz CT molecular complexity index is 993. The Labute approximate surface area is 153 Å². The van der Waals surface area contributed by atoms with Crippen molar-refractivity contribution in [1.29, 1.82) is 0 Å². The van der Waals surface area contributed by atoms with Crippen LogP contribution in [0.3, 0.4) is 0 Å². The van der Waals surface area contributed by atoms with E-state index in [2.05, 4.69) is 54.6 Å². The molecule has 0 spiro atoms. The van der Waals surface area contributed by atoms with Crippen LogP contribution in [0.5, 0.6) is 11.5 Å². The fraction of sp³-hybridized carbons (Fsp3) is 0.0833. The molecule has 0 heterocycles. The first-order valence-electron chi connectivity index (χ1n) is 8.75. The smallest absolute Gasteiger partial charge is 0.161 e. The highest BCUT2D eigenvalue weighted by atomic mass is 16.5. The van der Waals surface area contributed by atoms with Gasteiger partial charge in [0.1, 0.15) is 13.2 Å². The first-order valence-corrected chi connectivity index (χ1v) is 8.75. The van der Waals surface area contributed by atoms with E-state index in [1.165, 1.54) is 10.8 Å².